The van der Waals surface area contributed by atoms with Gasteiger partial charge < -0.3 is 19.8 Å². The number of hydrogen-bond donors (Lipinski definition) is 5. The Morgan fingerprint density at radius 2 is 1.82 bits per heavy atom. The summed E-state index contributed by atoms with van der Waals surface area (Å²) < 4.78 is 0.844. The largest absolute Gasteiger partial charge is 0.481 e. The third-order valence-corrected chi connectivity index (χ3v) is 1.58. The van der Waals surface area contributed by atoms with Crippen LogP contribution in [0.25, 0.3) is 0 Å². The molecule has 0 aromatic carbocycles. The first-order valence-corrected chi connectivity index (χ1v) is 4.95. The second kappa shape index (κ2) is 8.88. The Labute approximate surface area is 100 Å². The van der Waals surface area contributed by atoms with Gasteiger partial charge in [-0.3, -0.25) is 15.0 Å². The molecule has 6 N–H and O–H groups in total. The third-order valence-electron chi connectivity index (χ3n) is 1.58. The molecule has 0 aromatic rings. The number of aliphatic hydroxyl groups is 2. The van der Waals surface area contributed by atoms with Crippen LogP contribution in [0.2, 0.25) is 0 Å². The van der Waals surface area contributed by atoms with Gasteiger partial charge in [0.2, 0.25) is 0 Å². The molecule has 0 aliphatic rings. The molecular formula is C9H22N3O5+. The minimum absolute atomic E-state index is 0.281. The number of hydrazine groups is 1. The molecule has 102 valence electrons. The maximum absolute atomic E-state index is 10.3. The molecule has 0 radical (unpaired) electrons. The fourth-order valence-corrected chi connectivity index (χ4v) is 0.654. The van der Waals surface area contributed by atoms with Crippen molar-refractivity contribution in [3.63, 3.8) is 0 Å². The van der Waals surface area contributed by atoms with Gasteiger partial charge in [-0.2, -0.15) is 0 Å². The van der Waals surface area contributed by atoms with E-state index in [1.54, 1.807) is 5.43 Å². The van der Waals surface area contributed by atoms with Gasteiger partial charge in [0.1, 0.15) is 12.6 Å². The summed E-state index contributed by atoms with van der Waals surface area (Å²) in [5.74, 6) is 2.44. The highest BCUT2D eigenvalue weighted by molar-refractivity contribution is 5.84. The summed E-state index contributed by atoms with van der Waals surface area (Å²) in [5.41, 5.74) is 1.62. The summed E-state index contributed by atoms with van der Waals surface area (Å²) in [6.07, 6.45) is -2.20. The van der Waals surface area contributed by atoms with E-state index in [1.165, 1.54) is 0 Å². The van der Waals surface area contributed by atoms with Gasteiger partial charge >= 0.3 is 5.97 Å². The van der Waals surface area contributed by atoms with Gasteiger partial charge in [-0.15, -0.1) is 0 Å². The average Bonchev–Trinajstić information content (AvgIpc) is 2.14. The number of rotatable bonds is 5. The number of amides is 1. The first-order valence-electron chi connectivity index (χ1n) is 4.95. The summed E-state index contributed by atoms with van der Waals surface area (Å²) in [6.45, 7) is 1.11. The predicted molar refractivity (Wildman–Crippen MR) is 60.6 cm³/mol. The van der Waals surface area contributed by atoms with Crippen LogP contribution in [0.15, 0.2) is 0 Å². The molecule has 0 bridgehead atoms. The molecule has 1 atom stereocenters. The van der Waals surface area contributed by atoms with Crippen molar-refractivity contribution >= 4 is 11.9 Å². The van der Waals surface area contributed by atoms with Crippen molar-refractivity contribution in [2.24, 2.45) is 5.84 Å². The maximum atomic E-state index is 10.3. The van der Waals surface area contributed by atoms with Crippen molar-refractivity contribution in [1.29, 1.82) is 0 Å². The molecule has 0 aromatic heterocycles. The fourth-order valence-electron chi connectivity index (χ4n) is 0.654. The number of carbonyl (C=O) groups is 2. The lowest BCUT2D eigenvalue weighted by atomic mass is 10.2. The summed E-state index contributed by atoms with van der Waals surface area (Å²) in [6, 6.07) is 0. The standard InChI is InChI=1S/C5H14NO.C4H8N2O4/c1-6(2,3)4-5-7;5-6-4(10)2(7)1-3(8)9/h7H,4-5H2,1-3H3;2,7H,1,5H2,(H,6,10)(H,8,9)/q+1;. The number of nitrogens with zero attached hydrogens (tertiary/aromatic N) is 1. The van der Waals surface area contributed by atoms with E-state index in [1.807, 2.05) is 0 Å². The molecule has 0 rings (SSSR count). The van der Waals surface area contributed by atoms with Crippen molar-refractivity contribution < 1.29 is 29.4 Å². The molecule has 0 saturated carbocycles. The molecule has 8 nitrogen and oxygen atoms in total. The molecule has 0 fully saturated rings. The average molecular weight is 252 g/mol. The third kappa shape index (κ3) is 14.8. The van der Waals surface area contributed by atoms with E-state index in [9.17, 15) is 9.59 Å². The first-order chi connectivity index (χ1) is 7.64. The summed E-state index contributed by atoms with van der Waals surface area (Å²) in [5, 5.41) is 25.0. The summed E-state index contributed by atoms with van der Waals surface area (Å²) in [4.78, 5) is 20.1. The lowest BCUT2D eigenvalue weighted by Crippen LogP contribution is -2.40. The zero-order valence-electron chi connectivity index (χ0n) is 10.4. The van der Waals surface area contributed by atoms with Crippen LogP contribution >= 0.6 is 0 Å². The van der Waals surface area contributed by atoms with E-state index in [4.69, 9.17) is 15.3 Å². The quantitative estimate of drug-likeness (QED) is 0.159. The SMILES string of the molecule is C[N+](C)(C)CCO.NNC(=O)C(O)CC(=O)O. The minimum Gasteiger partial charge on any atom is -0.481 e. The van der Waals surface area contributed by atoms with Crippen molar-refractivity contribution in [3.8, 4) is 0 Å². The van der Waals surface area contributed by atoms with Crippen LogP contribution in [0.3, 0.4) is 0 Å². The molecule has 0 aliphatic carbocycles. The van der Waals surface area contributed by atoms with E-state index >= 15 is 0 Å². The lowest BCUT2D eigenvalue weighted by Gasteiger charge is -2.21. The zero-order valence-corrected chi connectivity index (χ0v) is 10.4. The van der Waals surface area contributed by atoms with Gasteiger partial charge in [0, 0.05) is 0 Å². The highest BCUT2D eigenvalue weighted by atomic mass is 16.4. The molecule has 0 heterocycles. The molecule has 1 unspecified atom stereocenters. The molecule has 0 aliphatic heterocycles. The fraction of sp³-hybridized carbons (Fsp3) is 0.778. The Bertz CT molecular complexity index is 239. The number of aliphatic hydroxyl groups excluding tert-OH is 2. The highest BCUT2D eigenvalue weighted by Crippen LogP contribution is 1.89. The zero-order chi connectivity index (χ0) is 14.1. The second-order valence-corrected chi connectivity index (χ2v) is 4.36. The minimum atomic E-state index is -1.57. The highest BCUT2D eigenvalue weighted by Gasteiger charge is 2.16. The van der Waals surface area contributed by atoms with Crippen molar-refractivity contribution in [3.05, 3.63) is 0 Å². The van der Waals surface area contributed by atoms with E-state index in [2.05, 4.69) is 27.0 Å². The van der Waals surface area contributed by atoms with Crippen molar-refractivity contribution in [2.45, 2.75) is 12.5 Å². The Hall–Kier alpha value is -1.22. The van der Waals surface area contributed by atoms with Crippen LogP contribution in [-0.4, -0.2) is 72.1 Å². The summed E-state index contributed by atoms with van der Waals surface area (Å²) >= 11 is 0. The number of nitrogens with two attached hydrogens (primary N) is 1. The van der Waals surface area contributed by atoms with Crippen LogP contribution in [0.4, 0.5) is 0 Å². The van der Waals surface area contributed by atoms with Crippen molar-refractivity contribution in [1.82, 2.24) is 5.43 Å². The number of likely N-dealkylation sites (N-methyl/N-ethyl adjacent to an activating group) is 1. The van der Waals surface area contributed by atoms with E-state index in [-0.39, 0.29) is 6.61 Å². The van der Waals surface area contributed by atoms with Crippen LogP contribution in [0.5, 0.6) is 0 Å². The number of quaternary nitrogens is 1. The molecule has 1 amide bonds. The van der Waals surface area contributed by atoms with Gasteiger partial charge in [-0.25, -0.2) is 5.84 Å². The van der Waals surface area contributed by atoms with Crippen molar-refractivity contribution in [2.75, 3.05) is 34.3 Å². The Morgan fingerprint density at radius 1 is 1.35 bits per heavy atom. The van der Waals surface area contributed by atoms with Crippen LogP contribution in [-0.2, 0) is 9.59 Å². The number of carbonyl (C=O) groups excluding carboxylic acids is 1. The number of aliphatic carboxylic acids is 1. The van der Waals surface area contributed by atoms with Gasteiger partial charge in [0.25, 0.3) is 5.91 Å². The topological polar surface area (TPSA) is 133 Å². The number of hydrogen-bond acceptors (Lipinski definition) is 5. The predicted octanol–water partition coefficient (Wildman–Crippen LogP) is -2.50. The second-order valence-electron chi connectivity index (χ2n) is 4.36. The van der Waals surface area contributed by atoms with Gasteiger partial charge in [-0.1, -0.05) is 0 Å². The number of nitrogens with one attached hydrogen (secondary N) is 1. The van der Waals surface area contributed by atoms with Crippen LogP contribution in [0, 0.1) is 0 Å². The summed E-state index contributed by atoms with van der Waals surface area (Å²) in [7, 11) is 6.16. The number of carboxylic acids is 1. The van der Waals surface area contributed by atoms with Gasteiger partial charge in [-0.05, 0) is 0 Å². The number of carboxylic acid groups (broad SMARTS) is 1. The molecule has 17 heavy (non-hydrogen) atoms. The first kappa shape index (κ1) is 18.2. The van der Waals surface area contributed by atoms with Gasteiger partial charge in [0.05, 0.1) is 34.2 Å². The van der Waals surface area contributed by atoms with Crippen LogP contribution < -0.4 is 11.3 Å². The lowest BCUT2D eigenvalue weighted by molar-refractivity contribution is -0.870. The van der Waals surface area contributed by atoms with Crippen LogP contribution in [0.1, 0.15) is 6.42 Å². The smallest absolute Gasteiger partial charge is 0.306 e. The van der Waals surface area contributed by atoms with E-state index < -0.39 is 24.4 Å². The van der Waals surface area contributed by atoms with E-state index in [0.29, 0.717) is 0 Å². The molecular weight excluding hydrogens is 230 g/mol. The van der Waals surface area contributed by atoms with Gasteiger partial charge in [0.15, 0.2) is 0 Å². The Balaban J connectivity index is 0. The molecule has 0 spiro atoms. The Kier molecular flexibility index (Phi) is 9.48. The molecule has 8 heteroatoms. The van der Waals surface area contributed by atoms with E-state index in [0.717, 1.165) is 11.0 Å². The Morgan fingerprint density at radius 3 is 2.00 bits per heavy atom. The normalized spacial score (nSPS) is 12.1. The monoisotopic (exact) mass is 252 g/mol. The molecule has 0 saturated heterocycles. The maximum Gasteiger partial charge on any atom is 0.306 e.